The van der Waals surface area contributed by atoms with Gasteiger partial charge in [0.2, 0.25) is 0 Å². The number of hydrogen-bond donors (Lipinski definition) is 0. The Morgan fingerprint density at radius 1 is 1.06 bits per heavy atom. The van der Waals surface area contributed by atoms with Gasteiger partial charge in [-0.3, -0.25) is 0 Å². The molecule has 1 heterocycles. The summed E-state index contributed by atoms with van der Waals surface area (Å²) in [6.07, 6.45) is -3.07. The minimum atomic E-state index is -4.39. The van der Waals surface area contributed by atoms with Gasteiger partial charge in [-0.2, -0.15) is 13.2 Å². The normalized spacial score (nSPS) is 11.8. The highest BCUT2D eigenvalue weighted by Crippen LogP contribution is 2.38. The van der Waals surface area contributed by atoms with Gasteiger partial charge in [-0.15, -0.1) is 0 Å². The SMILES string of the molecule is [CH2]c1ccoc1-c1ccccc1C(F)(F)F. The largest absolute Gasteiger partial charge is 0.464 e. The first-order valence-corrected chi connectivity index (χ1v) is 4.56. The molecule has 0 aliphatic carbocycles. The standard InChI is InChI=1S/C12H8F3O/c1-8-6-7-16-11(8)9-4-2-3-5-10(9)12(13,14)15/h2-7H,1H2. The summed E-state index contributed by atoms with van der Waals surface area (Å²) in [6, 6.07) is 6.81. The molecular formula is C12H8F3O. The van der Waals surface area contributed by atoms with Crippen LogP contribution < -0.4 is 0 Å². The topological polar surface area (TPSA) is 13.1 Å². The molecule has 0 spiro atoms. The van der Waals surface area contributed by atoms with Crippen LogP contribution in [0.4, 0.5) is 13.2 Å². The monoisotopic (exact) mass is 225 g/mol. The van der Waals surface area contributed by atoms with E-state index in [4.69, 9.17) is 4.42 Å². The molecule has 0 fully saturated rings. The molecule has 0 bridgehead atoms. The number of benzene rings is 1. The highest BCUT2D eigenvalue weighted by Gasteiger charge is 2.34. The van der Waals surface area contributed by atoms with Crippen LogP contribution in [-0.2, 0) is 6.18 Å². The van der Waals surface area contributed by atoms with E-state index in [1.54, 1.807) is 0 Å². The third kappa shape index (κ3) is 1.83. The molecule has 0 unspecified atom stereocenters. The predicted molar refractivity (Wildman–Crippen MR) is 53.6 cm³/mol. The molecule has 0 amide bonds. The fraction of sp³-hybridized carbons (Fsp3) is 0.0833. The van der Waals surface area contributed by atoms with E-state index in [0.29, 0.717) is 5.56 Å². The Hall–Kier alpha value is -1.71. The maximum atomic E-state index is 12.7. The molecule has 0 saturated heterocycles. The van der Waals surface area contributed by atoms with Gasteiger partial charge in [-0.05, 0) is 24.6 Å². The van der Waals surface area contributed by atoms with Gasteiger partial charge in [0.15, 0.2) is 0 Å². The Labute approximate surface area is 90.5 Å². The molecule has 2 rings (SSSR count). The van der Waals surface area contributed by atoms with E-state index in [1.807, 2.05) is 0 Å². The van der Waals surface area contributed by atoms with Crippen molar-refractivity contribution in [1.82, 2.24) is 0 Å². The molecule has 2 aromatic rings. The molecule has 1 aromatic carbocycles. The van der Waals surface area contributed by atoms with Crippen LogP contribution in [-0.4, -0.2) is 0 Å². The zero-order chi connectivity index (χ0) is 11.8. The Balaban J connectivity index is 2.62. The average molecular weight is 225 g/mol. The van der Waals surface area contributed by atoms with Crippen LogP contribution in [0.25, 0.3) is 11.3 Å². The zero-order valence-corrected chi connectivity index (χ0v) is 8.21. The van der Waals surface area contributed by atoms with Crippen molar-refractivity contribution in [2.45, 2.75) is 6.18 Å². The highest BCUT2D eigenvalue weighted by atomic mass is 19.4. The van der Waals surface area contributed by atoms with Crippen LogP contribution in [0.15, 0.2) is 41.0 Å². The second-order valence-corrected chi connectivity index (χ2v) is 3.32. The lowest BCUT2D eigenvalue weighted by atomic mass is 10.0. The van der Waals surface area contributed by atoms with Crippen molar-refractivity contribution in [3.05, 3.63) is 54.6 Å². The van der Waals surface area contributed by atoms with E-state index >= 15 is 0 Å². The molecule has 16 heavy (non-hydrogen) atoms. The van der Waals surface area contributed by atoms with Crippen molar-refractivity contribution in [3.63, 3.8) is 0 Å². The van der Waals surface area contributed by atoms with Gasteiger partial charge in [-0.25, -0.2) is 0 Å². The Morgan fingerprint density at radius 2 is 1.75 bits per heavy atom. The molecule has 1 aromatic heterocycles. The molecule has 0 atom stereocenters. The smallest absolute Gasteiger partial charge is 0.417 e. The van der Waals surface area contributed by atoms with Crippen LogP contribution in [0, 0.1) is 6.92 Å². The molecule has 1 radical (unpaired) electrons. The molecule has 83 valence electrons. The van der Waals surface area contributed by atoms with E-state index < -0.39 is 11.7 Å². The molecule has 0 aliphatic rings. The van der Waals surface area contributed by atoms with E-state index in [2.05, 4.69) is 6.92 Å². The zero-order valence-electron chi connectivity index (χ0n) is 8.21. The van der Waals surface area contributed by atoms with E-state index in [-0.39, 0.29) is 11.3 Å². The molecule has 1 nitrogen and oxygen atoms in total. The van der Waals surface area contributed by atoms with Crippen LogP contribution in [0.2, 0.25) is 0 Å². The molecule has 0 aliphatic heterocycles. The second kappa shape index (κ2) is 3.70. The summed E-state index contributed by atoms with van der Waals surface area (Å²) in [5, 5.41) is 0. The van der Waals surface area contributed by atoms with Gasteiger partial charge in [0.05, 0.1) is 11.8 Å². The molecular weight excluding hydrogens is 217 g/mol. The summed E-state index contributed by atoms with van der Waals surface area (Å²) in [7, 11) is 0. The summed E-state index contributed by atoms with van der Waals surface area (Å²) >= 11 is 0. The average Bonchev–Trinajstić information content (AvgIpc) is 2.63. The maximum absolute atomic E-state index is 12.7. The van der Waals surface area contributed by atoms with Crippen LogP contribution >= 0.6 is 0 Å². The minimum absolute atomic E-state index is 0.0185. The number of alkyl halides is 3. The van der Waals surface area contributed by atoms with Gasteiger partial charge < -0.3 is 4.42 Å². The summed E-state index contributed by atoms with van der Waals surface area (Å²) in [5.74, 6) is 0.160. The lowest BCUT2D eigenvalue weighted by Gasteiger charge is -2.11. The Kier molecular flexibility index (Phi) is 2.50. The van der Waals surface area contributed by atoms with E-state index in [0.717, 1.165) is 6.07 Å². The third-order valence-electron chi connectivity index (χ3n) is 2.22. The van der Waals surface area contributed by atoms with Crippen molar-refractivity contribution in [3.8, 4) is 11.3 Å². The summed E-state index contributed by atoms with van der Waals surface area (Å²) in [4.78, 5) is 0. The fourth-order valence-corrected chi connectivity index (χ4v) is 1.50. The van der Waals surface area contributed by atoms with Crippen LogP contribution in [0.3, 0.4) is 0 Å². The van der Waals surface area contributed by atoms with Crippen molar-refractivity contribution in [2.75, 3.05) is 0 Å². The summed E-state index contributed by atoms with van der Waals surface area (Å²) in [6.45, 7) is 3.62. The van der Waals surface area contributed by atoms with Crippen molar-refractivity contribution in [1.29, 1.82) is 0 Å². The first kappa shape index (κ1) is 10.8. The Bertz CT molecular complexity index is 497. The van der Waals surface area contributed by atoms with Crippen LogP contribution in [0.1, 0.15) is 11.1 Å². The second-order valence-electron chi connectivity index (χ2n) is 3.32. The Morgan fingerprint density at radius 3 is 2.31 bits per heavy atom. The predicted octanol–water partition coefficient (Wildman–Crippen LogP) is 4.15. The number of furan rings is 1. The minimum Gasteiger partial charge on any atom is -0.464 e. The van der Waals surface area contributed by atoms with Gasteiger partial charge in [0.25, 0.3) is 0 Å². The summed E-state index contributed by atoms with van der Waals surface area (Å²) in [5.41, 5.74) is -0.253. The van der Waals surface area contributed by atoms with E-state index in [1.165, 1.54) is 30.5 Å². The lowest BCUT2D eigenvalue weighted by molar-refractivity contribution is -0.137. The summed E-state index contributed by atoms with van der Waals surface area (Å²) < 4.78 is 43.2. The van der Waals surface area contributed by atoms with Crippen molar-refractivity contribution >= 4 is 0 Å². The van der Waals surface area contributed by atoms with Crippen molar-refractivity contribution < 1.29 is 17.6 Å². The third-order valence-corrected chi connectivity index (χ3v) is 2.22. The lowest BCUT2D eigenvalue weighted by Crippen LogP contribution is -2.06. The van der Waals surface area contributed by atoms with Crippen molar-refractivity contribution in [2.24, 2.45) is 0 Å². The molecule has 0 saturated carbocycles. The van der Waals surface area contributed by atoms with Gasteiger partial charge in [-0.1, -0.05) is 18.2 Å². The number of hydrogen-bond acceptors (Lipinski definition) is 1. The van der Waals surface area contributed by atoms with Gasteiger partial charge >= 0.3 is 6.18 Å². The molecule has 4 heteroatoms. The highest BCUT2D eigenvalue weighted by molar-refractivity contribution is 5.66. The quantitative estimate of drug-likeness (QED) is 0.710. The first-order valence-electron chi connectivity index (χ1n) is 4.56. The number of rotatable bonds is 1. The number of halogens is 3. The van der Waals surface area contributed by atoms with E-state index in [9.17, 15) is 13.2 Å². The van der Waals surface area contributed by atoms with Gasteiger partial charge in [0, 0.05) is 5.56 Å². The van der Waals surface area contributed by atoms with Gasteiger partial charge in [0.1, 0.15) is 5.76 Å². The fourth-order valence-electron chi connectivity index (χ4n) is 1.50. The maximum Gasteiger partial charge on any atom is 0.417 e. The molecule has 0 N–H and O–H groups in total. The van der Waals surface area contributed by atoms with Crippen LogP contribution in [0.5, 0.6) is 0 Å². The first-order chi connectivity index (χ1) is 7.50.